The van der Waals surface area contributed by atoms with Gasteiger partial charge in [-0.3, -0.25) is 0 Å². The fourth-order valence-corrected chi connectivity index (χ4v) is 4.81. The summed E-state index contributed by atoms with van der Waals surface area (Å²) in [5.74, 6) is 0.703. The van der Waals surface area contributed by atoms with Crippen LogP contribution in [0.4, 0.5) is 4.39 Å². The van der Waals surface area contributed by atoms with Crippen LogP contribution < -0.4 is 5.14 Å². The van der Waals surface area contributed by atoms with Crippen molar-refractivity contribution in [3.8, 4) is 0 Å². The van der Waals surface area contributed by atoms with Crippen LogP contribution in [-0.4, -0.2) is 8.42 Å². The number of benzene rings is 2. The third-order valence-corrected chi connectivity index (χ3v) is 6.82. The van der Waals surface area contributed by atoms with Crippen molar-refractivity contribution in [2.45, 2.75) is 50.8 Å². The molecule has 2 N–H and O–H groups in total. The number of aryl methyl sites for hydroxylation is 2. The van der Waals surface area contributed by atoms with Gasteiger partial charge in [0.2, 0.25) is 10.0 Å². The molecule has 2 aromatic rings. The maximum Gasteiger partial charge on any atom is 0.238 e. The van der Waals surface area contributed by atoms with Crippen LogP contribution in [0.15, 0.2) is 47.4 Å². The van der Waals surface area contributed by atoms with Crippen molar-refractivity contribution < 1.29 is 12.8 Å². The lowest BCUT2D eigenvalue weighted by Gasteiger charge is -2.08. The Hall–Kier alpha value is -1.72. The summed E-state index contributed by atoms with van der Waals surface area (Å²) in [5.41, 5.74) is 3.60. The molecule has 0 radical (unpaired) electrons. The summed E-state index contributed by atoms with van der Waals surface area (Å²) in [5, 5.41) is 5.17. The van der Waals surface area contributed by atoms with Crippen LogP contribution in [0.2, 0.25) is 0 Å². The predicted octanol–water partition coefficient (Wildman–Crippen LogP) is 4.41. The van der Waals surface area contributed by atoms with Gasteiger partial charge in [0.05, 0.1) is 4.90 Å². The molecule has 2 aromatic carbocycles. The highest BCUT2D eigenvalue weighted by Gasteiger charge is 2.57. The first kappa shape index (κ1) is 19.1. The van der Waals surface area contributed by atoms with Gasteiger partial charge in [0.1, 0.15) is 5.82 Å². The van der Waals surface area contributed by atoms with E-state index in [4.69, 9.17) is 5.14 Å². The highest BCUT2D eigenvalue weighted by molar-refractivity contribution is 7.89. The molecular formula is C21H26FNO2S. The summed E-state index contributed by atoms with van der Waals surface area (Å²) in [4.78, 5) is 0.142. The van der Waals surface area contributed by atoms with E-state index in [1.165, 1.54) is 11.6 Å². The normalized spacial score (nSPS) is 21.6. The summed E-state index contributed by atoms with van der Waals surface area (Å²) < 4.78 is 36.4. The van der Waals surface area contributed by atoms with Crippen molar-refractivity contribution in [3.63, 3.8) is 0 Å². The van der Waals surface area contributed by atoms with E-state index in [0.29, 0.717) is 11.8 Å². The Morgan fingerprint density at radius 1 is 1.08 bits per heavy atom. The molecule has 1 saturated carbocycles. The van der Waals surface area contributed by atoms with E-state index in [-0.39, 0.29) is 16.1 Å². The molecule has 140 valence electrons. The Bertz CT molecular complexity index is 904. The van der Waals surface area contributed by atoms with Gasteiger partial charge in [-0.1, -0.05) is 39.0 Å². The lowest BCUT2D eigenvalue weighted by molar-refractivity contribution is 0.529. The topological polar surface area (TPSA) is 60.2 Å². The van der Waals surface area contributed by atoms with Crippen LogP contribution in [-0.2, 0) is 22.9 Å². The molecule has 3 rings (SSSR count). The minimum absolute atomic E-state index is 0.142. The van der Waals surface area contributed by atoms with Gasteiger partial charge in [0, 0.05) is 0 Å². The van der Waals surface area contributed by atoms with Gasteiger partial charge in [-0.25, -0.2) is 17.9 Å². The number of hydrogen-bond acceptors (Lipinski definition) is 2. The molecule has 1 aliphatic carbocycles. The summed E-state index contributed by atoms with van der Waals surface area (Å²) in [6.07, 6.45) is 2.76. The number of hydrogen-bond donors (Lipinski definition) is 1. The van der Waals surface area contributed by atoms with Crippen LogP contribution in [0.3, 0.4) is 0 Å². The Labute approximate surface area is 155 Å². The molecule has 0 heterocycles. The smallest absolute Gasteiger partial charge is 0.225 e. The molecule has 3 nitrogen and oxygen atoms in total. The average Bonchev–Trinajstić information content (AvgIpc) is 3.13. The minimum atomic E-state index is -3.66. The van der Waals surface area contributed by atoms with Gasteiger partial charge in [-0.05, 0) is 77.5 Å². The van der Waals surface area contributed by atoms with E-state index in [1.807, 2.05) is 18.2 Å². The SMILES string of the molecule is CCc1ccc(F)cc1CC[C@H]1[C@H](c2ccc(S(N)(=O)=O)cc2)C1(C)C. The van der Waals surface area contributed by atoms with E-state index < -0.39 is 10.0 Å². The summed E-state index contributed by atoms with van der Waals surface area (Å²) >= 11 is 0. The second-order valence-electron chi connectivity index (χ2n) is 7.82. The van der Waals surface area contributed by atoms with E-state index in [0.717, 1.165) is 30.4 Å². The number of primary sulfonamides is 1. The van der Waals surface area contributed by atoms with Crippen LogP contribution in [0.25, 0.3) is 0 Å². The van der Waals surface area contributed by atoms with Gasteiger partial charge >= 0.3 is 0 Å². The molecule has 2 atom stereocenters. The van der Waals surface area contributed by atoms with E-state index in [9.17, 15) is 12.8 Å². The van der Waals surface area contributed by atoms with Crippen LogP contribution in [0, 0.1) is 17.2 Å². The van der Waals surface area contributed by atoms with Gasteiger partial charge in [0.25, 0.3) is 0 Å². The van der Waals surface area contributed by atoms with E-state index >= 15 is 0 Å². The Balaban J connectivity index is 1.73. The first-order valence-electron chi connectivity index (χ1n) is 9.04. The van der Waals surface area contributed by atoms with Crippen molar-refractivity contribution in [2.24, 2.45) is 16.5 Å². The van der Waals surface area contributed by atoms with Crippen molar-refractivity contribution >= 4 is 10.0 Å². The van der Waals surface area contributed by atoms with Crippen LogP contribution in [0.5, 0.6) is 0 Å². The first-order chi connectivity index (χ1) is 12.1. The molecule has 0 aliphatic heterocycles. The Morgan fingerprint density at radius 3 is 2.31 bits per heavy atom. The van der Waals surface area contributed by atoms with E-state index in [1.54, 1.807) is 18.2 Å². The zero-order valence-corrected chi connectivity index (χ0v) is 16.3. The predicted molar refractivity (Wildman–Crippen MR) is 102 cm³/mol. The second kappa shape index (κ2) is 6.78. The van der Waals surface area contributed by atoms with Gasteiger partial charge < -0.3 is 0 Å². The molecule has 5 heteroatoms. The number of nitrogens with two attached hydrogens (primary N) is 1. The minimum Gasteiger partial charge on any atom is -0.225 e. The molecular weight excluding hydrogens is 349 g/mol. The summed E-state index contributed by atoms with van der Waals surface area (Å²) in [7, 11) is -3.66. The molecule has 0 amide bonds. The molecule has 26 heavy (non-hydrogen) atoms. The second-order valence-corrected chi connectivity index (χ2v) is 9.39. The standard InChI is InChI=1S/C21H26FNO2S/c1-4-14-5-9-17(22)13-16(14)8-12-19-20(21(19,2)3)15-6-10-18(11-7-15)26(23,24)25/h5-7,9-11,13,19-20H,4,8,12H2,1-3H3,(H2,23,24,25)/t19-,20-/m0/s1. The third-order valence-electron chi connectivity index (χ3n) is 5.89. The maximum absolute atomic E-state index is 13.6. The monoisotopic (exact) mass is 375 g/mol. The largest absolute Gasteiger partial charge is 0.238 e. The van der Waals surface area contributed by atoms with Crippen LogP contribution in [0.1, 0.15) is 49.8 Å². The van der Waals surface area contributed by atoms with Crippen molar-refractivity contribution in [2.75, 3.05) is 0 Å². The maximum atomic E-state index is 13.6. The number of sulfonamides is 1. The van der Waals surface area contributed by atoms with Crippen LogP contribution >= 0.6 is 0 Å². The number of rotatable bonds is 6. The zero-order chi connectivity index (χ0) is 19.1. The number of halogens is 1. The molecule has 0 unspecified atom stereocenters. The Kier molecular flexibility index (Phi) is 4.97. The lowest BCUT2D eigenvalue weighted by Crippen LogP contribution is -2.11. The van der Waals surface area contributed by atoms with Gasteiger partial charge in [0.15, 0.2) is 0 Å². The fraction of sp³-hybridized carbons (Fsp3) is 0.429. The zero-order valence-electron chi connectivity index (χ0n) is 15.5. The highest BCUT2D eigenvalue weighted by atomic mass is 32.2. The van der Waals surface area contributed by atoms with Crippen molar-refractivity contribution in [3.05, 3.63) is 65.0 Å². The molecule has 1 aliphatic rings. The average molecular weight is 376 g/mol. The van der Waals surface area contributed by atoms with Crippen molar-refractivity contribution in [1.82, 2.24) is 0 Å². The summed E-state index contributed by atoms with van der Waals surface area (Å²) in [6, 6.07) is 12.0. The van der Waals surface area contributed by atoms with E-state index in [2.05, 4.69) is 20.8 Å². The quantitative estimate of drug-likeness (QED) is 0.813. The molecule has 0 spiro atoms. The molecule has 0 saturated heterocycles. The summed E-state index contributed by atoms with van der Waals surface area (Å²) in [6.45, 7) is 6.57. The third kappa shape index (κ3) is 3.69. The first-order valence-corrected chi connectivity index (χ1v) is 10.6. The fourth-order valence-electron chi connectivity index (χ4n) is 4.29. The van der Waals surface area contributed by atoms with Gasteiger partial charge in [-0.15, -0.1) is 0 Å². The Morgan fingerprint density at radius 2 is 1.73 bits per heavy atom. The molecule has 1 fully saturated rings. The molecule has 0 aromatic heterocycles. The van der Waals surface area contributed by atoms with Crippen molar-refractivity contribution in [1.29, 1.82) is 0 Å². The lowest BCUT2D eigenvalue weighted by atomic mass is 9.97. The highest BCUT2D eigenvalue weighted by Crippen LogP contribution is 2.66. The molecule has 0 bridgehead atoms. The van der Waals surface area contributed by atoms with Gasteiger partial charge in [-0.2, -0.15) is 0 Å².